The molecule has 0 amide bonds. The first kappa shape index (κ1) is 13.9. The summed E-state index contributed by atoms with van der Waals surface area (Å²) >= 11 is 0. The number of para-hydroxylation sites is 1. The topological polar surface area (TPSA) is 78.0 Å². The number of non-ortho nitro benzene ring substituents is 1. The number of nitro benzene ring substituents is 1. The van der Waals surface area contributed by atoms with Gasteiger partial charge in [0, 0.05) is 12.1 Å². The molecule has 0 saturated heterocycles. The van der Waals surface area contributed by atoms with Crippen molar-refractivity contribution >= 4 is 16.6 Å². The summed E-state index contributed by atoms with van der Waals surface area (Å²) < 4.78 is 1.46. The van der Waals surface area contributed by atoms with Crippen molar-refractivity contribution in [2.24, 2.45) is 0 Å². The summed E-state index contributed by atoms with van der Waals surface area (Å²) in [5.41, 5.74) is 2.17. The van der Waals surface area contributed by atoms with Gasteiger partial charge < -0.3 is 0 Å². The highest BCUT2D eigenvalue weighted by atomic mass is 16.6. The van der Waals surface area contributed by atoms with Crippen LogP contribution in [0, 0.1) is 17.0 Å². The third-order valence-electron chi connectivity index (χ3n) is 3.53. The van der Waals surface area contributed by atoms with Crippen molar-refractivity contribution in [2.75, 3.05) is 0 Å². The molecule has 0 fully saturated rings. The van der Waals surface area contributed by atoms with E-state index in [-0.39, 0.29) is 17.8 Å². The Bertz CT molecular complexity index is 931. The SMILES string of the molecule is Cc1cccc2c(=O)n(Cc3cccc([N+](=O)[O-])c3)cnc12. The van der Waals surface area contributed by atoms with Gasteiger partial charge in [-0.15, -0.1) is 0 Å². The predicted molar refractivity (Wildman–Crippen MR) is 82.9 cm³/mol. The van der Waals surface area contributed by atoms with Crippen LogP contribution in [-0.2, 0) is 6.54 Å². The van der Waals surface area contributed by atoms with Crippen LogP contribution in [0.15, 0.2) is 53.6 Å². The molecule has 3 aromatic rings. The zero-order valence-corrected chi connectivity index (χ0v) is 11.9. The van der Waals surface area contributed by atoms with Crippen LogP contribution in [0.5, 0.6) is 0 Å². The molecule has 6 nitrogen and oxygen atoms in total. The number of rotatable bonds is 3. The lowest BCUT2D eigenvalue weighted by Crippen LogP contribution is -2.21. The maximum absolute atomic E-state index is 12.5. The second-order valence-electron chi connectivity index (χ2n) is 5.08. The molecule has 0 saturated carbocycles. The molecule has 0 spiro atoms. The van der Waals surface area contributed by atoms with Crippen molar-refractivity contribution in [1.29, 1.82) is 0 Å². The van der Waals surface area contributed by atoms with Gasteiger partial charge in [0.15, 0.2) is 0 Å². The summed E-state index contributed by atoms with van der Waals surface area (Å²) in [7, 11) is 0. The third-order valence-corrected chi connectivity index (χ3v) is 3.53. The van der Waals surface area contributed by atoms with Gasteiger partial charge in [0.25, 0.3) is 11.2 Å². The Morgan fingerprint density at radius 1 is 1.23 bits per heavy atom. The van der Waals surface area contributed by atoms with Crippen LogP contribution in [0.2, 0.25) is 0 Å². The van der Waals surface area contributed by atoms with Crippen LogP contribution in [0.4, 0.5) is 5.69 Å². The Kier molecular flexibility index (Phi) is 3.42. The zero-order valence-electron chi connectivity index (χ0n) is 11.9. The number of aromatic nitrogens is 2. The Labute approximate surface area is 125 Å². The zero-order chi connectivity index (χ0) is 15.7. The molecule has 0 N–H and O–H groups in total. The Morgan fingerprint density at radius 2 is 2.00 bits per heavy atom. The molecule has 22 heavy (non-hydrogen) atoms. The van der Waals surface area contributed by atoms with Crippen molar-refractivity contribution in [3.63, 3.8) is 0 Å². The lowest BCUT2D eigenvalue weighted by molar-refractivity contribution is -0.384. The molecule has 1 heterocycles. The van der Waals surface area contributed by atoms with Crippen molar-refractivity contribution in [1.82, 2.24) is 9.55 Å². The molecule has 0 aliphatic rings. The van der Waals surface area contributed by atoms with E-state index < -0.39 is 4.92 Å². The highest BCUT2D eigenvalue weighted by Crippen LogP contribution is 2.15. The van der Waals surface area contributed by atoms with Gasteiger partial charge in [-0.25, -0.2) is 4.98 Å². The van der Waals surface area contributed by atoms with Gasteiger partial charge in [-0.1, -0.05) is 24.3 Å². The fourth-order valence-electron chi connectivity index (χ4n) is 2.42. The predicted octanol–water partition coefficient (Wildman–Crippen LogP) is 2.66. The minimum Gasteiger partial charge on any atom is -0.294 e. The minimum atomic E-state index is -0.450. The van der Waals surface area contributed by atoms with Crippen molar-refractivity contribution < 1.29 is 4.92 Å². The highest BCUT2D eigenvalue weighted by Gasteiger charge is 2.09. The van der Waals surface area contributed by atoms with E-state index in [0.717, 1.165) is 5.56 Å². The van der Waals surface area contributed by atoms with Crippen LogP contribution in [0.25, 0.3) is 10.9 Å². The largest absolute Gasteiger partial charge is 0.294 e. The first-order valence-electron chi connectivity index (χ1n) is 6.74. The Morgan fingerprint density at radius 3 is 2.77 bits per heavy atom. The van der Waals surface area contributed by atoms with Crippen molar-refractivity contribution in [2.45, 2.75) is 13.5 Å². The second-order valence-corrected chi connectivity index (χ2v) is 5.08. The van der Waals surface area contributed by atoms with E-state index in [0.29, 0.717) is 16.5 Å². The number of nitro groups is 1. The summed E-state index contributed by atoms with van der Waals surface area (Å²) in [5, 5.41) is 11.4. The lowest BCUT2D eigenvalue weighted by atomic mass is 10.1. The van der Waals surface area contributed by atoms with E-state index in [2.05, 4.69) is 4.98 Å². The molecule has 0 aliphatic carbocycles. The van der Waals surface area contributed by atoms with Gasteiger partial charge in [0.2, 0.25) is 0 Å². The smallest absolute Gasteiger partial charge is 0.269 e. The first-order valence-corrected chi connectivity index (χ1v) is 6.74. The molecule has 0 unspecified atom stereocenters. The van der Waals surface area contributed by atoms with E-state index in [1.165, 1.54) is 23.0 Å². The van der Waals surface area contributed by atoms with Crippen LogP contribution in [0.3, 0.4) is 0 Å². The van der Waals surface area contributed by atoms with E-state index in [4.69, 9.17) is 0 Å². The van der Waals surface area contributed by atoms with E-state index in [1.807, 2.05) is 19.1 Å². The summed E-state index contributed by atoms with van der Waals surface area (Å²) in [6.07, 6.45) is 1.48. The van der Waals surface area contributed by atoms with Gasteiger partial charge in [0.1, 0.15) is 0 Å². The minimum absolute atomic E-state index is 0.00939. The van der Waals surface area contributed by atoms with Gasteiger partial charge in [-0.3, -0.25) is 19.5 Å². The van der Waals surface area contributed by atoms with Crippen LogP contribution in [0.1, 0.15) is 11.1 Å². The number of nitrogens with zero attached hydrogens (tertiary/aromatic N) is 3. The highest BCUT2D eigenvalue weighted by molar-refractivity contribution is 5.80. The summed E-state index contributed by atoms with van der Waals surface area (Å²) in [4.78, 5) is 27.2. The van der Waals surface area contributed by atoms with Gasteiger partial charge in [0.05, 0.1) is 28.7 Å². The Balaban J connectivity index is 2.05. The Hall–Kier alpha value is -3.02. The average Bonchev–Trinajstić information content (AvgIpc) is 2.51. The number of benzene rings is 2. The molecule has 0 atom stereocenters. The molecule has 0 bridgehead atoms. The quantitative estimate of drug-likeness (QED) is 0.549. The van der Waals surface area contributed by atoms with Crippen molar-refractivity contribution in [3.8, 4) is 0 Å². The fourth-order valence-corrected chi connectivity index (χ4v) is 2.42. The maximum atomic E-state index is 12.5. The fraction of sp³-hybridized carbons (Fsp3) is 0.125. The number of fused-ring (bicyclic) bond motifs is 1. The average molecular weight is 295 g/mol. The van der Waals surface area contributed by atoms with Gasteiger partial charge >= 0.3 is 0 Å². The molecule has 3 rings (SSSR count). The molecule has 0 radical (unpaired) electrons. The molecule has 110 valence electrons. The lowest BCUT2D eigenvalue weighted by Gasteiger charge is -2.07. The summed E-state index contributed by atoms with van der Waals surface area (Å²) in [5.74, 6) is 0. The summed E-state index contributed by atoms with van der Waals surface area (Å²) in [6.45, 7) is 2.15. The third kappa shape index (κ3) is 2.46. The van der Waals surface area contributed by atoms with E-state index >= 15 is 0 Å². The summed E-state index contributed by atoms with van der Waals surface area (Å²) in [6, 6.07) is 11.7. The number of hydrogen-bond acceptors (Lipinski definition) is 4. The maximum Gasteiger partial charge on any atom is 0.269 e. The molecular formula is C16H13N3O3. The molecular weight excluding hydrogens is 282 g/mol. The van der Waals surface area contributed by atoms with Gasteiger partial charge in [-0.05, 0) is 24.1 Å². The number of hydrogen-bond donors (Lipinski definition) is 0. The van der Waals surface area contributed by atoms with E-state index in [9.17, 15) is 14.9 Å². The van der Waals surface area contributed by atoms with Crippen LogP contribution < -0.4 is 5.56 Å². The van der Waals surface area contributed by atoms with Crippen LogP contribution in [-0.4, -0.2) is 14.5 Å². The molecule has 2 aromatic carbocycles. The van der Waals surface area contributed by atoms with Crippen LogP contribution >= 0.6 is 0 Å². The van der Waals surface area contributed by atoms with E-state index in [1.54, 1.807) is 18.2 Å². The second kappa shape index (κ2) is 5.40. The van der Waals surface area contributed by atoms with Gasteiger partial charge in [-0.2, -0.15) is 0 Å². The molecule has 1 aromatic heterocycles. The van der Waals surface area contributed by atoms with Crippen molar-refractivity contribution in [3.05, 3.63) is 80.4 Å². The standard InChI is InChI=1S/C16H13N3O3/c1-11-4-2-7-14-15(11)17-10-18(16(14)20)9-12-5-3-6-13(8-12)19(21)22/h2-8,10H,9H2,1H3. The molecule has 6 heteroatoms. The first-order chi connectivity index (χ1) is 10.6. The normalized spacial score (nSPS) is 10.8. The molecule has 0 aliphatic heterocycles. The number of aryl methyl sites for hydroxylation is 1. The monoisotopic (exact) mass is 295 g/mol.